The standard InChI is InChI=1S/C15H14F3NO/c1-9-5-10(16)7-11(6-9)19-14(8-20)15-12(17)3-2-4-13(15)18/h2-7,14,19-20H,8H2,1H3. The van der Waals surface area contributed by atoms with Gasteiger partial charge in [-0.05, 0) is 42.8 Å². The lowest BCUT2D eigenvalue weighted by atomic mass is 10.1. The van der Waals surface area contributed by atoms with Crippen LogP contribution < -0.4 is 5.32 Å². The molecule has 0 aliphatic heterocycles. The summed E-state index contributed by atoms with van der Waals surface area (Å²) < 4.78 is 40.7. The fourth-order valence-corrected chi connectivity index (χ4v) is 2.07. The first kappa shape index (κ1) is 14.4. The first-order valence-electron chi connectivity index (χ1n) is 6.09. The number of benzene rings is 2. The Hall–Kier alpha value is -2.01. The van der Waals surface area contributed by atoms with E-state index in [1.54, 1.807) is 13.0 Å². The van der Waals surface area contributed by atoms with Crippen molar-refractivity contribution < 1.29 is 18.3 Å². The zero-order valence-electron chi connectivity index (χ0n) is 10.8. The van der Waals surface area contributed by atoms with Crippen LogP contribution in [0.25, 0.3) is 0 Å². The molecule has 2 nitrogen and oxygen atoms in total. The molecule has 1 atom stereocenters. The average Bonchev–Trinajstić information content (AvgIpc) is 2.36. The molecule has 0 heterocycles. The van der Waals surface area contributed by atoms with Gasteiger partial charge in [-0.3, -0.25) is 0 Å². The molecule has 5 heteroatoms. The van der Waals surface area contributed by atoms with Gasteiger partial charge in [0, 0.05) is 11.3 Å². The molecule has 1 unspecified atom stereocenters. The summed E-state index contributed by atoms with van der Waals surface area (Å²) in [5.74, 6) is -1.98. The van der Waals surface area contributed by atoms with Gasteiger partial charge in [-0.25, -0.2) is 13.2 Å². The van der Waals surface area contributed by atoms with E-state index >= 15 is 0 Å². The summed E-state index contributed by atoms with van der Waals surface area (Å²) >= 11 is 0. The van der Waals surface area contributed by atoms with Crippen LogP contribution in [-0.4, -0.2) is 11.7 Å². The lowest BCUT2D eigenvalue weighted by Crippen LogP contribution is -2.18. The molecule has 0 saturated carbocycles. The molecule has 2 aromatic carbocycles. The molecule has 2 aromatic rings. The van der Waals surface area contributed by atoms with Crippen molar-refractivity contribution in [1.82, 2.24) is 0 Å². The summed E-state index contributed by atoms with van der Waals surface area (Å²) in [5.41, 5.74) is 0.749. The Morgan fingerprint density at radius 2 is 1.75 bits per heavy atom. The molecule has 0 fully saturated rings. The molecule has 0 amide bonds. The monoisotopic (exact) mass is 281 g/mol. The predicted octanol–water partition coefficient (Wildman–Crippen LogP) is 3.56. The number of halogens is 3. The number of aliphatic hydroxyl groups is 1. The fraction of sp³-hybridized carbons (Fsp3) is 0.200. The van der Waals surface area contributed by atoms with Crippen molar-refractivity contribution in [2.45, 2.75) is 13.0 Å². The first-order chi connectivity index (χ1) is 9.51. The van der Waals surface area contributed by atoms with Gasteiger partial charge in [0.15, 0.2) is 0 Å². The minimum absolute atomic E-state index is 0.267. The molecule has 2 N–H and O–H groups in total. The maximum absolute atomic E-state index is 13.7. The summed E-state index contributed by atoms with van der Waals surface area (Å²) in [6.45, 7) is 1.18. The van der Waals surface area contributed by atoms with Gasteiger partial charge in [-0.2, -0.15) is 0 Å². The van der Waals surface area contributed by atoms with Crippen molar-refractivity contribution in [3.63, 3.8) is 0 Å². The summed E-state index contributed by atoms with van der Waals surface area (Å²) in [7, 11) is 0. The highest BCUT2D eigenvalue weighted by Crippen LogP contribution is 2.25. The minimum Gasteiger partial charge on any atom is -0.394 e. The van der Waals surface area contributed by atoms with Gasteiger partial charge >= 0.3 is 0 Å². The Bertz CT molecular complexity index is 576. The quantitative estimate of drug-likeness (QED) is 0.898. The highest BCUT2D eigenvalue weighted by molar-refractivity contribution is 5.48. The molecule has 20 heavy (non-hydrogen) atoms. The Kier molecular flexibility index (Phi) is 4.29. The van der Waals surface area contributed by atoms with Gasteiger partial charge in [-0.1, -0.05) is 6.07 Å². The van der Waals surface area contributed by atoms with E-state index in [0.29, 0.717) is 11.3 Å². The molecule has 0 saturated heterocycles. The molecule has 0 spiro atoms. The van der Waals surface area contributed by atoms with Crippen LogP contribution in [0, 0.1) is 24.4 Å². The highest BCUT2D eigenvalue weighted by Gasteiger charge is 2.19. The maximum Gasteiger partial charge on any atom is 0.131 e. The Morgan fingerprint density at radius 3 is 2.30 bits per heavy atom. The molecule has 0 bridgehead atoms. The van der Waals surface area contributed by atoms with E-state index in [2.05, 4.69) is 5.32 Å². The largest absolute Gasteiger partial charge is 0.394 e. The first-order valence-corrected chi connectivity index (χ1v) is 6.09. The van der Waals surface area contributed by atoms with E-state index in [4.69, 9.17) is 0 Å². The topological polar surface area (TPSA) is 32.3 Å². The smallest absolute Gasteiger partial charge is 0.131 e. The number of aliphatic hydroxyl groups excluding tert-OH is 1. The third kappa shape index (κ3) is 3.11. The summed E-state index contributed by atoms with van der Waals surface area (Å²) in [6, 6.07) is 6.65. The minimum atomic E-state index is -0.989. The van der Waals surface area contributed by atoms with Crippen molar-refractivity contribution in [3.8, 4) is 0 Å². The van der Waals surface area contributed by atoms with Gasteiger partial charge in [0.2, 0.25) is 0 Å². The van der Waals surface area contributed by atoms with Crippen LogP contribution in [0.2, 0.25) is 0 Å². The van der Waals surface area contributed by atoms with Crippen molar-refractivity contribution in [1.29, 1.82) is 0 Å². The summed E-state index contributed by atoms with van der Waals surface area (Å²) in [4.78, 5) is 0. The number of hydrogen-bond donors (Lipinski definition) is 2. The zero-order valence-corrected chi connectivity index (χ0v) is 10.8. The Morgan fingerprint density at radius 1 is 1.10 bits per heavy atom. The number of nitrogens with one attached hydrogen (secondary N) is 1. The van der Waals surface area contributed by atoms with Gasteiger partial charge in [0.1, 0.15) is 17.5 Å². The van der Waals surface area contributed by atoms with Crippen molar-refractivity contribution >= 4 is 5.69 Å². The molecular formula is C15H14F3NO. The van der Waals surface area contributed by atoms with Crippen LogP contribution in [-0.2, 0) is 0 Å². The van der Waals surface area contributed by atoms with Gasteiger partial charge in [-0.15, -0.1) is 0 Å². The Balaban J connectivity index is 2.34. The number of anilines is 1. The molecule has 2 rings (SSSR count). The van der Waals surface area contributed by atoms with Crippen LogP contribution in [0.15, 0.2) is 36.4 Å². The lowest BCUT2D eigenvalue weighted by molar-refractivity contribution is 0.271. The van der Waals surface area contributed by atoms with Crippen LogP contribution in [0.4, 0.5) is 18.9 Å². The normalized spacial score (nSPS) is 12.2. The second kappa shape index (κ2) is 5.96. The Labute approximate surface area is 114 Å². The van der Waals surface area contributed by atoms with Crippen molar-refractivity contribution in [2.24, 2.45) is 0 Å². The van der Waals surface area contributed by atoms with Gasteiger partial charge < -0.3 is 10.4 Å². The third-order valence-electron chi connectivity index (χ3n) is 2.91. The zero-order chi connectivity index (χ0) is 14.7. The van der Waals surface area contributed by atoms with Crippen LogP contribution in [0.1, 0.15) is 17.2 Å². The van der Waals surface area contributed by atoms with Crippen molar-refractivity contribution in [2.75, 3.05) is 11.9 Å². The second-order valence-corrected chi connectivity index (χ2v) is 4.53. The second-order valence-electron chi connectivity index (χ2n) is 4.53. The molecule has 0 aromatic heterocycles. The molecule has 0 aliphatic rings. The van der Waals surface area contributed by atoms with E-state index in [1.807, 2.05) is 0 Å². The highest BCUT2D eigenvalue weighted by atomic mass is 19.1. The van der Waals surface area contributed by atoms with Gasteiger partial charge in [0.25, 0.3) is 0 Å². The average molecular weight is 281 g/mol. The summed E-state index contributed by atoms with van der Waals surface area (Å²) in [6.07, 6.45) is 0. The number of rotatable bonds is 4. The maximum atomic E-state index is 13.7. The van der Waals surface area contributed by atoms with E-state index < -0.39 is 30.1 Å². The third-order valence-corrected chi connectivity index (χ3v) is 2.91. The molecule has 106 valence electrons. The number of aryl methyl sites for hydroxylation is 1. The molecular weight excluding hydrogens is 267 g/mol. The van der Waals surface area contributed by atoms with E-state index in [1.165, 1.54) is 18.2 Å². The van der Waals surface area contributed by atoms with Crippen molar-refractivity contribution in [3.05, 3.63) is 65.0 Å². The molecule has 0 aliphatic carbocycles. The van der Waals surface area contributed by atoms with Crippen LogP contribution in [0.3, 0.4) is 0 Å². The van der Waals surface area contributed by atoms with Crippen LogP contribution >= 0.6 is 0 Å². The number of hydrogen-bond acceptors (Lipinski definition) is 2. The van der Waals surface area contributed by atoms with E-state index in [0.717, 1.165) is 12.1 Å². The summed E-state index contributed by atoms with van der Waals surface area (Å²) in [5, 5.41) is 12.1. The fourth-order valence-electron chi connectivity index (χ4n) is 2.07. The van der Waals surface area contributed by atoms with Gasteiger partial charge in [0.05, 0.1) is 12.6 Å². The predicted molar refractivity (Wildman–Crippen MR) is 70.9 cm³/mol. The SMILES string of the molecule is Cc1cc(F)cc(NC(CO)c2c(F)cccc2F)c1. The van der Waals surface area contributed by atoms with E-state index in [-0.39, 0.29) is 5.56 Å². The van der Waals surface area contributed by atoms with Crippen LogP contribution in [0.5, 0.6) is 0 Å². The molecule has 0 radical (unpaired) electrons. The van der Waals surface area contributed by atoms with E-state index in [9.17, 15) is 18.3 Å². The lowest BCUT2D eigenvalue weighted by Gasteiger charge is -2.19.